The minimum atomic E-state index is -0.437. The number of likely N-dealkylation sites (tertiary alicyclic amines) is 1. The standard InChI is InChI=1S/C21H31N5O3S/c1-7-13-10-8-9-11-26(13)14(27)12-30-17-15-16(22-19(23-17)21(2,3)4)24(5)20(29)25(6)18(15)28/h13H,7-12H2,1-6H3. The highest BCUT2D eigenvalue weighted by molar-refractivity contribution is 8.00. The fraction of sp³-hybridized carbons (Fsp3) is 0.667. The van der Waals surface area contributed by atoms with E-state index in [1.807, 2.05) is 25.7 Å². The quantitative estimate of drug-likeness (QED) is 0.542. The van der Waals surface area contributed by atoms with Crippen LogP contribution in [0.15, 0.2) is 14.6 Å². The van der Waals surface area contributed by atoms with Gasteiger partial charge in [-0.05, 0) is 25.7 Å². The average molecular weight is 434 g/mol. The number of hydrogen-bond acceptors (Lipinski definition) is 6. The predicted molar refractivity (Wildman–Crippen MR) is 119 cm³/mol. The molecule has 1 aliphatic rings. The second-order valence-corrected chi connectivity index (χ2v) is 9.90. The maximum atomic E-state index is 13.0. The molecule has 9 heteroatoms. The summed E-state index contributed by atoms with van der Waals surface area (Å²) in [5.41, 5.74) is -0.933. The van der Waals surface area contributed by atoms with Gasteiger partial charge in [0.1, 0.15) is 16.2 Å². The third-order valence-electron chi connectivity index (χ3n) is 5.69. The van der Waals surface area contributed by atoms with E-state index in [0.717, 1.165) is 36.8 Å². The summed E-state index contributed by atoms with van der Waals surface area (Å²) in [6.07, 6.45) is 4.18. The fourth-order valence-corrected chi connectivity index (χ4v) is 4.74. The molecule has 0 bridgehead atoms. The molecule has 8 nitrogen and oxygen atoms in total. The van der Waals surface area contributed by atoms with Crippen molar-refractivity contribution in [3.05, 3.63) is 26.7 Å². The van der Waals surface area contributed by atoms with Gasteiger partial charge >= 0.3 is 5.69 Å². The topological polar surface area (TPSA) is 90.1 Å². The molecule has 0 spiro atoms. The van der Waals surface area contributed by atoms with E-state index in [-0.39, 0.29) is 28.5 Å². The van der Waals surface area contributed by atoms with Gasteiger partial charge in [0.2, 0.25) is 5.91 Å². The molecular formula is C21H31N5O3S. The molecule has 0 aliphatic carbocycles. The molecule has 30 heavy (non-hydrogen) atoms. The molecule has 0 N–H and O–H groups in total. The van der Waals surface area contributed by atoms with Crippen molar-refractivity contribution < 1.29 is 4.79 Å². The molecule has 1 unspecified atom stereocenters. The summed E-state index contributed by atoms with van der Waals surface area (Å²) in [6, 6.07) is 0.285. The van der Waals surface area contributed by atoms with Gasteiger partial charge in [-0.25, -0.2) is 14.8 Å². The van der Waals surface area contributed by atoms with Crippen LogP contribution in [0, 0.1) is 0 Å². The van der Waals surface area contributed by atoms with Gasteiger partial charge in [-0.3, -0.25) is 18.7 Å². The summed E-state index contributed by atoms with van der Waals surface area (Å²) in [6.45, 7) is 8.83. The zero-order valence-electron chi connectivity index (χ0n) is 18.7. The van der Waals surface area contributed by atoms with Gasteiger partial charge in [-0.2, -0.15) is 0 Å². The van der Waals surface area contributed by atoms with E-state index < -0.39 is 11.2 Å². The number of rotatable bonds is 4. The number of piperidine rings is 1. The van der Waals surface area contributed by atoms with Crippen LogP contribution < -0.4 is 11.2 Å². The van der Waals surface area contributed by atoms with Crippen LogP contribution in [0.25, 0.3) is 11.0 Å². The highest BCUT2D eigenvalue weighted by Gasteiger charge is 2.27. The molecule has 3 heterocycles. The Kier molecular flexibility index (Phi) is 6.40. The summed E-state index contributed by atoms with van der Waals surface area (Å²) in [4.78, 5) is 49.4. The predicted octanol–water partition coefficient (Wildman–Crippen LogP) is 2.21. The molecule has 1 aliphatic heterocycles. The maximum Gasteiger partial charge on any atom is 0.332 e. The molecule has 0 saturated carbocycles. The van der Waals surface area contributed by atoms with Crippen LogP contribution in [0.3, 0.4) is 0 Å². The number of aromatic nitrogens is 4. The van der Waals surface area contributed by atoms with E-state index in [2.05, 4.69) is 16.9 Å². The van der Waals surface area contributed by atoms with Crippen LogP contribution in [-0.4, -0.2) is 48.2 Å². The third-order valence-corrected chi connectivity index (χ3v) is 6.65. The Labute approximate surface area is 180 Å². The molecule has 0 aromatic carbocycles. The van der Waals surface area contributed by atoms with Crippen LogP contribution in [0.1, 0.15) is 59.2 Å². The first-order valence-corrected chi connectivity index (χ1v) is 11.4. The number of amides is 1. The van der Waals surface area contributed by atoms with E-state index in [0.29, 0.717) is 16.5 Å². The summed E-state index contributed by atoms with van der Waals surface area (Å²) >= 11 is 1.26. The first-order chi connectivity index (χ1) is 14.1. The van der Waals surface area contributed by atoms with Crippen molar-refractivity contribution in [2.75, 3.05) is 12.3 Å². The Morgan fingerprint density at radius 3 is 2.47 bits per heavy atom. The molecular weight excluding hydrogens is 402 g/mol. The monoisotopic (exact) mass is 433 g/mol. The van der Waals surface area contributed by atoms with E-state index in [1.54, 1.807) is 7.05 Å². The van der Waals surface area contributed by atoms with E-state index in [4.69, 9.17) is 0 Å². The zero-order chi connectivity index (χ0) is 22.2. The van der Waals surface area contributed by atoms with Gasteiger partial charge in [0, 0.05) is 32.1 Å². The summed E-state index contributed by atoms with van der Waals surface area (Å²) in [7, 11) is 3.05. The van der Waals surface area contributed by atoms with Crippen LogP contribution in [0.4, 0.5) is 0 Å². The van der Waals surface area contributed by atoms with Crippen molar-refractivity contribution >= 4 is 28.7 Å². The highest BCUT2D eigenvalue weighted by Crippen LogP contribution is 2.28. The molecule has 2 aromatic rings. The number of hydrogen-bond donors (Lipinski definition) is 0. The number of thioether (sulfide) groups is 1. The molecule has 1 amide bonds. The van der Waals surface area contributed by atoms with Crippen LogP contribution in [0.2, 0.25) is 0 Å². The first-order valence-electron chi connectivity index (χ1n) is 10.5. The van der Waals surface area contributed by atoms with Gasteiger partial charge in [0.05, 0.1) is 5.75 Å². The smallest absolute Gasteiger partial charge is 0.332 e. The van der Waals surface area contributed by atoms with E-state index in [9.17, 15) is 14.4 Å². The maximum absolute atomic E-state index is 13.0. The number of fused-ring (bicyclic) bond motifs is 1. The van der Waals surface area contributed by atoms with Gasteiger partial charge in [0.25, 0.3) is 5.56 Å². The largest absolute Gasteiger partial charge is 0.339 e. The second-order valence-electron chi connectivity index (χ2n) is 8.94. The van der Waals surface area contributed by atoms with Gasteiger partial charge < -0.3 is 4.90 Å². The second kappa shape index (κ2) is 8.53. The molecule has 2 aromatic heterocycles. The zero-order valence-corrected chi connectivity index (χ0v) is 19.5. The molecule has 164 valence electrons. The summed E-state index contributed by atoms with van der Waals surface area (Å²) in [5, 5.41) is 0.746. The van der Waals surface area contributed by atoms with Gasteiger partial charge in [-0.15, -0.1) is 0 Å². The Balaban J connectivity index is 2.05. The van der Waals surface area contributed by atoms with E-state index in [1.165, 1.54) is 23.4 Å². The van der Waals surface area contributed by atoms with Crippen molar-refractivity contribution in [1.29, 1.82) is 0 Å². The third kappa shape index (κ3) is 4.17. The fourth-order valence-electron chi connectivity index (χ4n) is 3.84. The van der Waals surface area contributed by atoms with Crippen molar-refractivity contribution in [2.24, 2.45) is 14.1 Å². The van der Waals surface area contributed by atoms with Gasteiger partial charge in [0.15, 0.2) is 5.65 Å². The summed E-state index contributed by atoms with van der Waals surface area (Å²) in [5.74, 6) is 0.813. The minimum Gasteiger partial charge on any atom is -0.339 e. The first kappa shape index (κ1) is 22.5. The highest BCUT2D eigenvalue weighted by atomic mass is 32.2. The SMILES string of the molecule is CCC1CCCCN1C(=O)CSc1nc(C(C)(C)C)nc2c1c(=O)n(C)c(=O)n2C. The average Bonchev–Trinajstić information content (AvgIpc) is 2.73. The number of nitrogens with zero attached hydrogens (tertiary/aromatic N) is 5. The Bertz CT molecular complexity index is 1080. The normalized spacial score (nSPS) is 17.5. The van der Waals surface area contributed by atoms with E-state index >= 15 is 0 Å². The van der Waals surface area contributed by atoms with Crippen LogP contribution >= 0.6 is 11.8 Å². The lowest BCUT2D eigenvalue weighted by atomic mass is 9.96. The molecule has 1 fully saturated rings. The lowest BCUT2D eigenvalue weighted by Crippen LogP contribution is -2.44. The number of carbonyl (C=O) groups is 1. The van der Waals surface area contributed by atoms with Crippen molar-refractivity contribution in [1.82, 2.24) is 24.0 Å². The number of aryl methyl sites for hydroxylation is 1. The lowest BCUT2D eigenvalue weighted by Gasteiger charge is -2.35. The van der Waals surface area contributed by atoms with Gasteiger partial charge in [-0.1, -0.05) is 39.5 Å². The number of carbonyl (C=O) groups excluding carboxylic acids is 1. The minimum absolute atomic E-state index is 0.0669. The van der Waals surface area contributed by atoms with Crippen molar-refractivity contribution in [2.45, 2.75) is 69.9 Å². The molecule has 1 atom stereocenters. The lowest BCUT2D eigenvalue weighted by molar-refractivity contribution is -0.132. The van der Waals surface area contributed by atoms with Crippen LogP contribution in [-0.2, 0) is 24.3 Å². The van der Waals surface area contributed by atoms with Crippen molar-refractivity contribution in [3.63, 3.8) is 0 Å². The summed E-state index contributed by atoms with van der Waals surface area (Å²) < 4.78 is 2.43. The molecule has 0 radical (unpaired) electrons. The molecule has 1 saturated heterocycles. The molecule has 3 rings (SSSR count). The Morgan fingerprint density at radius 1 is 1.13 bits per heavy atom. The van der Waals surface area contributed by atoms with Crippen molar-refractivity contribution in [3.8, 4) is 0 Å². The Morgan fingerprint density at radius 2 is 1.83 bits per heavy atom. The Hall–Kier alpha value is -2.16. The van der Waals surface area contributed by atoms with Crippen LogP contribution in [0.5, 0.6) is 0 Å².